The molecule has 2 rings (SSSR count). The van der Waals surface area contributed by atoms with Gasteiger partial charge in [0.25, 0.3) is 0 Å². The van der Waals surface area contributed by atoms with Crippen LogP contribution in [0.3, 0.4) is 0 Å². The number of methoxy groups -OCH3 is 1. The van der Waals surface area contributed by atoms with Crippen LogP contribution in [0.25, 0.3) is 0 Å². The Morgan fingerprint density at radius 1 is 1.31 bits per heavy atom. The highest BCUT2D eigenvalue weighted by Crippen LogP contribution is 2.27. The first-order valence-electron chi connectivity index (χ1n) is 8.60. The van der Waals surface area contributed by atoms with Crippen molar-refractivity contribution in [3.05, 3.63) is 35.3 Å². The van der Waals surface area contributed by atoms with Crippen LogP contribution in [-0.4, -0.2) is 30.7 Å². The second-order valence-electron chi connectivity index (χ2n) is 5.87. The first-order valence-corrected chi connectivity index (χ1v) is 9.48. The normalized spacial score (nSPS) is 11.7. The number of nitrogens with one attached hydrogen (secondary N) is 2. The molecule has 2 aromatic rings. The number of para-hydroxylation sites is 2. The zero-order valence-electron chi connectivity index (χ0n) is 15.2. The minimum atomic E-state index is -0.253. The first-order chi connectivity index (χ1) is 12.6. The average Bonchev–Trinajstić information content (AvgIpc) is 3.07. The fourth-order valence-corrected chi connectivity index (χ4v) is 3.03. The molecule has 0 aliphatic carbocycles. The number of nitrogens with two attached hydrogens (primary N) is 1. The molecule has 0 radical (unpaired) electrons. The predicted octanol–water partition coefficient (Wildman–Crippen LogP) is 3.37. The van der Waals surface area contributed by atoms with Crippen molar-refractivity contribution in [3.8, 4) is 11.5 Å². The maximum Gasteiger partial charge on any atom is 0.321 e. The zero-order chi connectivity index (χ0) is 18.8. The average molecular weight is 378 g/mol. The van der Waals surface area contributed by atoms with Gasteiger partial charge >= 0.3 is 6.03 Å². The van der Waals surface area contributed by atoms with Crippen LogP contribution in [0.15, 0.2) is 29.6 Å². The number of hydrogen-bond donors (Lipinski definition) is 3. The van der Waals surface area contributed by atoms with Crippen molar-refractivity contribution in [2.45, 2.75) is 38.8 Å². The van der Waals surface area contributed by atoms with Gasteiger partial charge in [-0.1, -0.05) is 18.6 Å². The molecule has 1 atom stereocenters. The van der Waals surface area contributed by atoms with Gasteiger partial charge in [0, 0.05) is 11.4 Å². The number of carbonyl (C=O) groups excluding carboxylic acids is 1. The number of rotatable bonds is 10. The Morgan fingerprint density at radius 2 is 2.08 bits per heavy atom. The number of carbonyl (C=O) groups is 1. The van der Waals surface area contributed by atoms with E-state index in [1.807, 2.05) is 36.6 Å². The van der Waals surface area contributed by atoms with Crippen LogP contribution in [0.1, 0.15) is 31.9 Å². The van der Waals surface area contributed by atoms with Crippen molar-refractivity contribution in [2.75, 3.05) is 19.0 Å². The summed E-state index contributed by atoms with van der Waals surface area (Å²) in [5.74, 6) is 1.32. The van der Waals surface area contributed by atoms with Crippen LogP contribution in [0.2, 0.25) is 0 Å². The van der Waals surface area contributed by atoms with Crippen molar-refractivity contribution in [3.63, 3.8) is 0 Å². The van der Waals surface area contributed by atoms with E-state index in [-0.39, 0.29) is 12.1 Å². The lowest BCUT2D eigenvalue weighted by molar-refractivity contribution is 0.248. The minimum Gasteiger partial charge on any atom is -0.493 e. The van der Waals surface area contributed by atoms with Crippen molar-refractivity contribution in [1.82, 2.24) is 10.3 Å². The molecule has 0 fully saturated rings. The Hall–Kier alpha value is -2.32. The number of unbranched alkanes of at least 4 members (excludes halogenated alkanes) is 1. The molecular weight excluding hydrogens is 352 g/mol. The van der Waals surface area contributed by atoms with Crippen molar-refractivity contribution >= 4 is 22.5 Å². The van der Waals surface area contributed by atoms with E-state index < -0.39 is 0 Å². The zero-order valence-corrected chi connectivity index (χ0v) is 16.0. The summed E-state index contributed by atoms with van der Waals surface area (Å²) in [5.41, 5.74) is 6.22. The lowest BCUT2D eigenvalue weighted by Crippen LogP contribution is -2.36. The van der Waals surface area contributed by atoms with Crippen LogP contribution in [0.4, 0.5) is 9.93 Å². The number of aromatic nitrogens is 1. The third-order valence-corrected chi connectivity index (χ3v) is 4.49. The van der Waals surface area contributed by atoms with Crippen molar-refractivity contribution in [2.24, 2.45) is 5.73 Å². The number of urea groups is 1. The minimum absolute atomic E-state index is 0.0925. The summed E-state index contributed by atoms with van der Waals surface area (Å²) >= 11 is 1.36. The van der Waals surface area contributed by atoms with Gasteiger partial charge in [-0.15, -0.1) is 11.3 Å². The van der Waals surface area contributed by atoms with E-state index in [0.29, 0.717) is 29.8 Å². The van der Waals surface area contributed by atoms with Gasteiger partial charge in [0.05, 0.1) is 12.8 Å². The Bertz CT molecular complexity index is 693. The molecule has 1 aromatic heterocycles. The largest absolute Gasteiger partial charge is 0.493 e. The van der Waals surface area contributed by atoms with Crippen LogP contribution in [0, 0.1) is 0 Å². The molecular formula is C18H26N4O3S. The van der Waals surface area contributed by atoms with E-state index in [1.54, 1.807) is 7.11 Å². The number of amides is 2. The molecule has 26 heavy (non-hydrogen) atoms. The highest BCUT2D eigenvalue weighted by atomic mass is 32.1. The number of hydrogen-bond acceptors (Lipinski definition) is 6. The van der Waals surface area contributed by atoms with Crippen molar-refractivity contribution < 1.29 is 14.3 Å². The third-order valence-electron chi connectivity index (χ3n) is 3.69. The molecule has 8 heteroatoms. The quantitative estimate of drug-likeness (QED) is 0.551. The molecule has 0 spiro atoms. The van der Waals surface area contributed by atoms with Gasteiger partial charge in [0.1, 0.15) is 6.61 Å². The molecule has 142 valence electrons. The fraction of sp³-hybridized carbons (Fsp3) is 0.444. The van der Waals surface area contributed by atoms with E-state index in [1.165, 1.54) is 11.3 Å². The molecule has 7 nitrogen and oxygen atoms in total. The van der Waals surface area contributed by atoms with Gasteiger partial charge in [-0.3, -0.25) is 5.32 Å². The standard InChI is InChI=1S/C18H26N4O3S/c1-13(7-5-6-10-19)20-17(23)22-18-21-14(12-26-18)11-25-16-9-4-3-8-15(16)24-2/h3-4,8-9,12-13H,5-7,10-11,19H2,1-2H3,(H2,20,21,22,23). The maximum absolute atomic E-state index is 12.0. The van der Waals surface area contributed by atoms with E-state index >= 15 is 0 Å². The smallest absolute Gasteiger partial charge is 0.321 e. The molecule has 4 N–H and O–H groups in total. The lowest BCUT2D eigenvalue weighted by Gasteiger charge is -2.13. The maximum atomic E-state index is 12.0. The summed E-state index contributed by atoms with van der Waals surface area (Å²) in [6, 6.07) is 7.27. The van der Waals surface area contributed by atoms with Crippen molar-refractivity contribution in [1.29, 1.82) is 0 Å². The van der Waals surface area contributed by atoms with Gasteiger partial charge < -0.3 is 20.5 Å². The number of nitrogens with zero attached hydrogens (tertiary/aromatic N) is 1. The summed E-state index contributed by atoms with van der Waals surface area (Å²) in [5, 5.41) is 8.05. The highest BCUT2D eigenvalue weighted by Gasteiger charge is 2.10. The topological polar surface area (TPSA) is 98.5 Å². The number of thiazole rings is 1. The molecule has 1 aromatic carbocycles. The molecule has 0 aliphatic rings. The SMILES string of the molecule is COc1ccccc1OCc1csc(NC(=O)NC(C)CCCCN)n1. The Kier molecular flexibility index (Phi) is 8.17. The van der Waals surface area contributed by atoms with Crippen LogP contribution < -0.4 is 25.8 Å². The monoisotopic (exact) mass is 378 g/mol. The van der Waals surface area contributed by atoms with Crippen LogP contribution >= 0.6 is 11.3 Å². The number of benzene rings is 1. The van der Waals surface area contributed by atoms with Gasteiger partial charge in [0.15, 0.2) is 16.6 Å². The summed E-state index contributed by atoms with van der Waals surface area (Å²) in [6.07, 6.45) is 2.87. The third kappa shape index (κ3) is 6.53. The molecule has 0 saturated heterocycles. The summed E-state index contributed by atoms with van der Waals surface area (Å²) in [6.45, 7) is 2.96. The second kappa shape index (κ2) is 10.6. The Labute approximate surface area is 157 Å². The Morgan fingerprint density at radius 3 is 2.81 bits per heavy atom. The molecule has 1 heterocycles. The highest BCUT2D eigenvalue weighted by molar-refractivity contribution is 7.13. The van der Waals surface area contributed by atoms with Gasteiger partial charge in [-0.05, 0) is 38.4 Å². The number of ether oxygens (including phenoxy) is 2. The second-order valence-corrected chi connectivity index (χ2v) is 6.73. The molecule has 2 amide bonds. The molecule has 0 bridgehead atoms. The summed E-state index contributed by atoms with van der Waals surface area (Å²) < 4.78 is 11.0. The van der Waals surface area contributed by atoms with E-state index in [2.05, 4.69) is 15.6 Å². The van der Waals surface area contributed by atoms with Gasteiger partial charge in [0.2, 0.25) is 0 Å². The summed E-state index contributed by atoms with van der Waals surface area (Å²) in [4.78, 5) is 16.4. The fourth-order valence-electron chi connectivity index (χ4n) is 2.34. The van der Waals surface area contributed by atoms with E-state index in [0.717, 1.165) is 25.0 Å². The van der Waals surface area contributed by atoms with Crippen LogP contribution in [-0.2, 0) is 6.61 Å². The Balaban J connectivity index is 1.79. The molecule has 0 saturated carbocycles. The first kappa shape index (κ1) is 20.0. The van der Waals surface area contributed by atoms with E-state index in [9.17, 15) is 4.79 Å². The van der Waals surface area contributed by atoms with Gasteiger partial charge in [-0.2, -0.15) is 0 Å². The molecule has 0 aliphatic heterocycles. The lowest BCUT2D eigenvalue weighted by atomic mass is 10.1. The predicted molar refractivity (Wildman–Crippen MR) is 104 cm³/mol. The molecule has 1 unspecified atom stereocenters. The number of anilines is 1. The summed E-state index contributed by atoms with van der Waals surface area (Å²) in [7, 11) is 1.60. The van der Waals surface area contributed by atoms with Crippen LogP contribution in [0.5, 0.6) is 11.5 Å². The van der Waals surface area contributed by atoms with E-state index in [4.69, 9.17) is 15.2 Å². The van der Waals surface area contributed by atoms with Gasteiger partial charge in [-0.25, -0.2) is 9.78 Å².